The number of hydrogen-bond acceptors (Lipinski definition) is 2. The second-order valence-corrected chi connectivity index (χ2v) is 1.53. The molecule has 0 saturated heterocycles. The third kappa shape index (κ3) is 4.35. The van der Waals surface area contributed by atoms with Crippen molar-refractivity contribution in [1.82, 2.24) is 0 Å². The minimum absolute atomic E-state index is 0.765. The van der Waals surface area contributed by atoms with Crippen molar-refractivity contribution in [1.29, 1.82) is 0 Å². The summed E-state index contributed by atoms with van der Waals surface area (Å²) >= 11 is 0. The van der Waals surface area contributed by atoms with Gasteiger partial charge in [0.15, 0.2) is 0 Å². The Balaban J connectivity index is 4.34. The van der Waals surface area contributed by atoms with Crippen LogP contribution in [0, 0.1) is 0 Å². The summed E-state index contributed by atoms with van der Waals surface area (Å²) in [5.74, 6) is -3.60. The first kappa shape index (κ1) is 9.93. The van der Waals surface area contributed by atoms with Gasteiger partial charge in [0.2, 0.25) is 5.83 Å². The quantitative estimate of drug-likeness (QED) is 0.341. The molecule has 0 aliphatic rings. The van der Waals surface area contributed by atoms with Gasteiger partial charge in [-0.1, -0.05) is 0 Å². The smallest absolute Gasteiger partial charge is 0.412 e. The molecule has 6 heteroatoms. The van der Waals surface area contributed by atoms with E-state index < -0.39 is 24.0 Å². The van der Waals surface area contributed by atoms with Crippen molar-refractivity contribution in [3.8, 4) is 0 Å². The Morgan fingerprint density at radius 2 is 1.91 bits per heavy atom. The van der Waals surface area contributed by atoms with Gasteiger partial charge in [0.1, 0.15) is 0 Å². The fraction of sp³-hybridized carbons (Fsp3) is 0.400. The summed E-state index contributed by atoms with van der Waals surface area (Å²) in [6, 6.07) is 0. The number of hydrogen-bond donors (Lipinski definition) is 0. The average molecular weight is 172 g/mol. The lowest BCUT2D eigenvalue weighted by Crippen LogP contribution is -2.08. The standard InChI is InChI=1S/C5H4F4O2/c1-11-4(10)3(6)2-5(7,8)9/h2H,1H3/b3-2-. The zero-order valence-electron chi connectivity index (χ0n) is 5.41. The number of methoxy groups -OCH3 is 1. The first-order valence-electron chi connectivity index (χ1n) is 2.40. The number of carbonyl (C=O) groups excluding carboxylic acids is 1. The molecule has 0 fully saturated rings. The number of halogens is 4. The molecule has 0 aromatic heterocycles. The summed E-state index contributed by atoms with van der Waals surface area (Å²) in [4.78, 5) is 10.0. The van der Waals surface area contributed by atoms with E-state index in [4.69, 9.17) is 0 Å². The molecular formula is C5H4F4O2. The highest BCUT2D eigenvalue weighted by Gasteiger charge is 2.27. The van der Waals surface area contributed by atoms with Gasteiger partial charge in [-0.3, -0.25) is 0 Å². The lowest BCUT2D eigenvalue weighted by atomic mass is 10.4. The Bertz CT molecular complexity index is 181. The summed E-state index contributed by atoms with van der Waals surface area (Å²) in [5, 5.41) is 0. The van der Waals surface area contributed by atoms with E-state index in [0.717, 1.165) is 7.11 Å². The van der Waals surface area contributed by atoms with Crippen LogP contribution in [0.2, 0.25) is 0 Å². The van der Waals surface area contributed by atoms with Crippen molar-refractivity contribution in [3.63, 3.8) is 0 Å². The highest BCUT2D eigenvalue weighted by atomic mass is 19.4. The van der Waals surface area contributed by atoms with Crippen molar-refractivity contribution in [3.05, 3.63) is 11.9 Å². The number of rotatable bonds is 1. The van der Waals surface area contributed by atoms with Crippen LogP contribution in [-0.2, 0) is 9.53 Å². The zero-order valence-corrected chi connectivity index (χ0v) is 5.41. The van der Waals surface area contributed by atoms with Crippen LogP contribution in [0.4, 0.5) is 17.6 Å². The average Bonchev–Trinajstić information content (AvgIpc) is 1.82. The molecule has 0 radical (unpaired) electrons. The normalized spacial score (nSPS) is 13.0. The molecular weight excluding hydrogens is 168 g/mol. The number of esters is 1. The monoisotopic (exact) mass is 172 g/mol. The minimum Gasteiger partial charge on any atom is -0.464 e. The molecule has 0 rings (SSSR count). The maximum Gasteiger partial charge on any atom is 0.412 e. The number of allylic oxidation sites excluding steroid dienone is 1. The van der Waals surface area contributed by atoms with Crippen LogP contribution in [0.25, 0.3) is 0 Å². The van der Waals surface area contributed by atoms with Gasteiger partial charge < -0.3 is 4.74 Å². The second kappa shape index (κ2) is 3.36. The van der Waals surface area contributed by atoms with Crippen LogP contribution in [-0.4, -0.2) is 19.3 Å². The maximum absolute atomic E-state index is 12.0. The second-order valence-electron chi connectivity index (χ2n) is 1.53. The van der Waals surface area contributed by atoms with E-state index in [2.05, 4.69) is 4.74 Å². The molecule has 0 unspecified atom stereocenters. The van der Waals surface area contributed by atoms with Crippen LogP contribution in [0.3, 0.4) is 0 Å². The van der Waals surface area contributed by atoms with E-state index in [0.29, 0.717) is 0 Å². The SMILES string of the molecule is COC(=O)/C(F)=C/C(F)(F)F. The number of carbonyl (C=O) groups is 1. The Morgan fingerprint density at radius 1 is 1.45 bits per heavy atom. The lowest BCUT2D eigenvalue weighted by molar-refractivity contribution is -0.138. The van der Waals surface area contributed by atoms with Gasteiger partial charge >= 0.3 is 12.1 Å². The predicted molar refractivity (Wildman–Crippen MR) is 27.3 cm³/mol. The number of ether oxygens (including phenoxy) is 1. The van der Waals surface area contributed by atoms with E-state index in [1.54, 1.807) is 0 Å². The Morgan fingerprint density at radius 3 is 2.18 bits per heavy atom. The Hall–Kier alpha value is -1.07. The first-order chi connectivity index (χ1) is 4.87. The Kier molecular flexibility index (Phi) is 3.03. The molecule has 0 heterocycles. The maximum atomic E-state index is 12.0. The van der Waals surface area contributed by atoms with Crippen LogP contribution >= 0.6 is 0 Å². The summed E-state index contributed by atoms with van der Waals surface area (Å²) < 4.78 is 49.5. The molecule has 0 aliphatic carbocycles. The summed E-state index contributed by atoms with van der Waals surface area (Å²) in [7, 11) is 0.784. The van der Waals surface area contributed by atoms with E-state index in [1.807, 2.05) is 0 Å². The van der Waals surface area contributed by atoms with Gasteiger partial charge in [0, 0.05) is 0 Å². The molecule has 0 amide bonds. The van der Waals surface area contributed by atoms with Crippen LogP contribution in [0.5, 0.6) is 0 Å². The minimum atomic E-state index is -4.84. The van der Waals surface area contributed by atoms with Crippen molar-refractivity contribution < 1.29 is 27.1 Å². The Labute approximate surface area is 59.4 Å². The molecule has 0 aromatic rings. The summed E-state index contributed by atoms with van der Waals surface area (Å²) in [6.45, 7) is 0. The van der Waals surface area contributed by atoms with Crippen LogP contribution in [0.1, 0.15) is 0 Å². The van der Waals surface area contributed by atoms with Gasteiger partial charge in [-0.2, -0.15) is 17.6 Å². The largest absolute Gasteiger partial charge is 0.464 e. The van der Waals surface area contributed by atoms with Crippen LogP contribution in [0.15, 0.2) is 11.9 Å². The van der Waals surface area contributed by atoms with Crippen molar-refractivity contribution in [2.45, 2.75) is 6.18 Å². The highest BCUT2D eigenvalue weighted by Crippen LogP contribution is 2.19. The zero-order chi connectivity index (χ0) is 9.07. The molecule has 0 aromatic carbocycles. The highest BCUT2D eigenvalue weighted by molar-refractivity contribution is 5.85. The third-order valence-corrected chi connectivity index (χ3v) is 0.671. The first-order valence-corrected chi connectivity index (χ1v) is 2.40. The molecule has 0 saturated carbocycles. The van der Waals surface area contributed by atoms with E-state index in [1.165, 1.54) is 0 Å². The molecule has 0 aliphatic heterocycles. The topological polar surface area (TPSA) is 26.3 Å². The van der Waals surface area contributed by atoms with Gasteiger partial charge in [-0.15, -0.1) is 0 Å². The number of alkyl halides is 3. The summed E-state index contributed by atoms with van der Waals surface area (Å²) in [5.41, 5.74) is 0. The van der Waals surface area contributed by atoms with E-state index in [9.17, 15) is 22.4 Å². The predicted octanol–water partition coefficient (Wildman–Crippen LogP) is 1.58. The fourth-order valence-electron chi connectivity index (χ4n) is 0.300. The van der Waals surface area contributed by atoms with Crippen molar-refractivity contribution >= 4 is 5.97 Å². The molecule has 2 nitrogen and oxygen atoms in total. The molecule has 0 spiro atoms. The molecule has 0 bridgehead atoms. The molecule has 0 atom stereocenters. The summed E-state index contributed by atoms with van der Waals surface area (Å²) in [6.07, 6.45) is -5.60. The van der Waals surface area contributed by atoms with Gasteiger partial charge in [0.25, 0.3) is 0 Å². The van der Waals surface area contributed by atoms with Crippen molar-refractivity contribution in [2.75, 3.05) is 7.11 Å². The van der Waals surface area contributed by atoms with Gasteiger partial charge in [0.05, 0.1) is 13.2 Å². The van der Waals surface area contributed by atoms with Crippen LogP contribution < -0.4 is 0 Å². The molecule has 64 valence electrons. The fourth-order valence-corrected chi connectivity index (χ4v) is 0.300. The van der Waals surface area contributed by atoms with Crippen molar-refractivity contribution in [2.24, 2.45) is 0 Å². The van der Waals surface area contributed by atoms with Gasteiger partial charge in [-0.05, 0) is 0 Å². The van der Waals surface area contributed by atoms with E-state index in [-0.39, 0.29) is 0 Å². The molecule has 0 N–H and O–H groups in total. The van der Waals surface area contributed by atoms with E-state index >= 15 is 0 Å². The lowest BCUT2D eigenvalue weighted by Gasteiger charge is -1.98. The van der Waals surface area contributed by atoms with Gasteiger partial charge in [-0.25, -0.2) is 4.79 Å². The molecule has 11 heavy (non-hydrogen) atoms. The third-order valence-electron chi connectivity index (χ3n) is 0.671.